The van der Waals surface area contributed by atoms with Crippen molar-refractivity contribution < 1.29 is 24.2 Å². The Kier molecular flexibility index (Phi) is 5.01. The maximum atomic E-state index is 11.8. The average molecular weight is 298 g/mol. The van der Waals surface area contributed by atoms with Gasteiger partial charge in [-0.25, -0.2) is 9.78 Å². The van der Waals surface area contributed by atoms with Crippen molar-refractivity contribution in [1.82, 2.24) is 20.5 Å². The van der Waals surface area contributed by atoms with Crippen LogP contribution in [-0.4, -0.2) is 49.8 Å². The first-order valence-electron chi connectivity index (χ1n) is 6.23. The number of aliphatic carboxylic acids is 1. The highest BCUT2D eigenvalue weighted by Gasteiger charge is 2.27. The number of carbonyl (C=O) groups excluding carboxylic acids is 2. The largest absolute Gasteiger partial charge is 0.480 e. The van der Waals surface area contributed by atoms with E-state index < -0.39 is 35.9 Å². The van der Waals surface area contributed by atoms with Gasteiger partial charge in [-0.3, -0.25) is 14.7 Å². The van der Waals surface area contributed by atoms with E-state index in [9.17, 15) is 14.4 Å². The molecule has 1 aromatic rings. The Morgan fingerprint density at radius 3 is 2.43 bits per heavy atom. The molecule has 0 aliphatic rings. The molecule has 0 bridgehead atoms. The minimum absolute atomic E-state index is 0.192. The van der Waals surface area contributed by atoms with Gasteiger partial charge in [-0.2, -0.15) is 0 Å². The molecular weight excluding hydrogens is 280 g/mol. The van der Waals surface area contributed by atoms with E-state index in [0.29, 0.717) is 5.82 Å². The number of carboxylic acid groups (broad SMARTS) is 1. The number of hydrogen-bond acceptors (Lipinski definition) is 6. The number of aromatic nitrogens is 3. The first-order chi connectivity index (χ1) is 9.58. The molecule has 0 aliphatic carbocycles. The van der Waals surface area contributed by atoms with Crippen molar-refractivity contribution in [2.75, 3.05) is 0 Å². The van der Waals surface area contributed by atoms with Gasteiger partial charge in [-0.1, -0.05) is 0 Å². The molecule has 0 radical (unpaired) electrons. The minimum Gasteiger partial charge on any atom is -0.480 e. The topological polar surface area (TPSA) is 134 Å². The highest BCUT2D eigenvalue weighted by molar-refractivity contribution is 5.94. The number of aryl methyl sites for hydroxylation is 1. The molecule has 0 saturated heterocycles. The average Bonchev–Trinajstić information content (AvgIpc) is 2.72. The van der Waals surface area contributed by atoms with Gasteiger partial charge in [-0.05, 0) is 27.7 Å². The summed E-state index contributed by atoms with van der Waals surface area (Å²) >= 11 is 0. The van der Waals surface area contributed by atoms with Crippen LogP contribution < -0.4 is 5.32 Å². The Labute approximate surface area is 121 Å². The number of nitrogens with zero attached hydrogens (tertiary/aromatic N) is 2. The lowest BCUT2D eigenvalue weighted by Crippen LogP contribution is -2.43. The Balaban J connectivity index is 2.68. The molecule has 1 rings (SSSR count). The van der Waals surface area contributed by atoms with Crippen molar-refractivity contribution in [3.05, 3.63) is 11.6 Å². The lowest BCUT2D eigenvalue weighted by Gasteiger charge is -2.21. The molecule has 0 fully saturated rings. The van der Waals surface area contributed by atoms with Crippen molar-refractivity contribution in [2.24, 2.45) is 0 Å². The van der Waals surface area contributed by atoms with Gasteiger partial charge >= 0.3 is 11.9 Å². The van der Waals surface area contributed by atoms with Crippen molar-refractivity contribution in [1.29, 1.82) is 0 Å². The Hall–Kier alpha value is -2.45. The van der Waals surface area contributed by atoms with Gasteiger partial charge in [0.2, 0.25) is 5.82 Å². The zero-order chi connectivity index (χ0) is 16.2. The molecule has 1 heterocycles. The number of esters is 1. The molecule has 21 heavy (non-hydrogen) atoms. The van der Waals surface area contributed by atoms with Crippen LogP contribution in [0.2, 0.25) is 0 Å². The fourth-order valence-corrected chi connectivity index (χ4v) is 1.42. The van der Waals surface area contributed by atoms with Crippen LogP contribution >= 0.6 is 0 Å². The summed E-state index contributed by atoms with van der Waals surface area (Å²) in [5.41, 5.74) is -0.731. The molecule has 0 aromatic carbocycles. The molecule has 0 aliphatic heterocycles. The first-order valence-corrected chi connectivity index (χ1v) is 6.23. The number of rotatable bonds is 5. The number of H-pyrrole nitrogens is 1. The Morgan fingerprint density at radius 1 is 1.38 bits per heavy atom. The number of aromatic amines is 1. The van der Waals surface area contributed by atoms with Crippen LogP contribution in [0, 0.1) is 6.92 Å². The molecular formula is C12H18N4O5. The van der Waals surface area contributed by atoms with Crippen LogP contribution in [0.25, 0.3) is 0 Å². The maximum absolute atomic E-state index is 11.8. The van der Waals surface area contributed by atoms with E-state index in [1.807, 2.05) is 0 Å². The summed E-state index contributed by atoms with van der Waals surface area (Å²) in [6.07, 6.45) is -0.484. The van der Waals surface area contributed by atoms with E-state index in [-0.39, 0.29) is 5.82 Å². The summed E-state index contributed by atoms with van der Waals surface area (Å²) in [6.45, 7) is 6.58. The molecule has 1 atom stereocenters. The standard InChI is InChI=1S/C12H18N4O5/c1-6-13-9(16-15-6)10(18)14-7(11(19)20)5-8(17)21-12(2,3)4/h7H,5H2,1-4H3,(H,14,18)(H,19,20)(H,13,15,16)/t7-/m0/s1. The normalized spacial score (nSPS) is 12.6. The van der Waals surface area contributed by atoms with Crippen LogP contribution in [0.4, 0.5) is 0 Å². The van der Waals surface area contributed by atoms with Gasteiger partial charge in [0, 0.05) is 0 Å². The third-order valence-corrected chi connectivity index (χ3v) is 2.19. The quantitative estimate of drug-likeness (QED) is 0.652. The fourth-order valence-electron chi connectivity index (χ4n) is 1.42. The van der Waals surface area contributed by atoms with Crippen LogP contribution in [-0.2, 0) is 14.3 Å². The second-order valence-corrected chi connectivity index (χ2v) is 5.40. The molecule has 0 unspecified atom stereocenters. The first kappa shape index (κ1) is 16.6. The molecule has 116 valence electrons. The van der Waals surface area contributed by atoms with Crippen molar-refractivity contribution >= 4 is 17.8 Å². The van der Waals surface area contributed by atoms with Gasteiger partial charge in [0.1, 0.15) is 17.5 Å². The predicted octanol–water partition coefficient (Wildman–Crippen LogP) is 0.0279. The highest BCUT2D eigenvalue weighted by atomic mass is 16.6. The summed E-state index contributed by atoms with van der Waals surface area (Å²) < 4.78 is 5.02. The van der Waals surface area contributed by atoms with Gasteiger partial charge in [0.15, 0.2) is 0 Å². The lowest BCUT2D eigenvalue weighted by atomic mass is 10.1. The van der Waals surface area contributed by atoms with Crippen LogP contribution in [0.5, 0.6) is 0 Å². The summed E-state index contributed by atoms with van der Waals surface area (Å²) in [7, 11) is 0. The molecule has 9 nitrogen and oxygen atoms in total. The van der Waals surface area contributed by atoms with Crippen LogP contribution in [0.15, 0.2) is 0 Å². The molecule has 9 heteroatoms. The van der Waals surface area contributed by atoms with Crippen molar-refractivity contribution in [3.8, 4) is 0 Å². The Morgan fingerprint density at radius 2 is 2.00 bits per heavy atom. The third kappa shape index (κ3) is 5.59. The van der Waals surface area contributed by atoms with E-state index in [1.54, 1.807) is 27.7 Å². The highest BCUT2D eigenvalue weighted by Crippen LogP contribution is 2.09. The van der Waals surface area contributed by atoms with Gasteiger partial charge < -0.3 is 15.2 Å². The number of carboxylic acids is 1. The zero-order valence-electron chi connectivity index (χ0n) is 12.3. The molecule has 3 N–H and O–H groups in total. The van der Waals surface area contributed by atoms with Crippen LogP contribution in [0.1, 0.15) is 43.6 Å². The molecule has 0 spiro atoms. The molecule has 1 aromatic heterocycles. The van der Waals surface area contributed by atoms with E-state index in [2.05, 4.69) is 20.5 Å². The van der Waals surface area contributed by atoms with Gasteiger partial charge in [0.05, 0.1) is 6.42 Å². The van der Waals surface area contributed by atoms with Crippen molar-refractivity contribution in [3.63, 3.8) is 0 Å². The Bertz CT molecular complexity index is 546. The van der Waals surface area contributed by atoms with E-state index in [4.69, 9.17) is 9.84 Å². The molecule has 1 amide bonds. The monoisotopic (exact) mass is 298 g/mol. The maximum Gasteiger partial charge on any atom is 0.326 e. The summed E-state index contributed by atoms with van der Waals surface area (Å²) in [4.78, 5) is 38.3. The fraction of sp³-hybridized carbons (Fsp3) is 0.583. The van der Waals surface area contributed by atoms with E-state index >= 15 is 0 Å². The van der Waals surface area contributed by atoms with Gasteiger partial charge in [-0.15, -0.1) is 5.10 Å². The van der Waals surface area contributed by atoms with Crippen molar-refractivity contribution in [2.45, 2.75) is 45.8 Å². The number of hydrogen-bond donors (Lipinski definition) is 3. The minimum atomic E-state index is -1.41. The predicted molar refractivity (Wildman–Crippen MR) is 70.5 cm³/mol. The number of carbonyl (C=O) groups is 3. The third-order valence-electron chi connectivity index (χ3n) is 2.19. The molecule has 0 saturated carbocycles. The second-order valence-electron chi connectivity index (χ2n) is 5.40. The van der Waals surface area contributed by atoms with Gasteiger partial charge in [0.25, 0.3) is 5.91 Å². The number of ether oxygens (including phenoxy) is 1. The van der Waals surface area contributed by atoms with E-state index in [0.717, 1.165) is 0 Å². The number of nitrogens with one attached hydrogen (secondary N) is 2. The lowest BCUT2D eigenvalue weighted by molar-refractivity contribution is -0.158. The SMILES string of the molecule is Cc1nc(C(=O)N[C@@H](CC(=O)OC(C)(C)C)C(=O)O)n[nH]1. The number of amides is 1. The van der Waals surface area contributed by atoms with E-state index in [1.165, 1.54) is 0 Å². The summed E-state index contributed by atoms with van der Waals surface area (Å²) in [5, 5.41) is 17.3. The summed E-state index contributed by atoms with van der Waals surface area (Å²) in [5.74, 6) is -2.62. The smallest absolute Gasteiger partial charge is 0.326 e. The second kappa shape index (κ2) is 6.33. The van der Waals surface area contributed by atoms with Crippen LogP contribution in [0.3, 0.4) is 0 Å². The summed E-state index contributed by atoms with van der Waals surface area (Å²) in [6, 6.07) is -1.41. The zero-order valence-corrected chi connectivity index (χ0v) is 12.3.